The van der Waals surface area contributed by atoms with E-state index in [0.29, 0.717) is 24.3 Å². The van der Waals surface area contributed by atoms with Gasteiger partial charge in [0.15, 0.2) is 8.32 Å². The quantitative estimate of drug-likeness (QED) is 0.519. The molecule has 1 saturated heterocycles. The van der Waals surface area contributed by atoms with Crippen LogP contribution in [0.3, 0.4) is 0 Å². The SMILES string of the molecule is CC(COc1cc(Cl)nc(C2CCOC2)c1)O[Si](C)(C)C(C)(C)C. The summed E-state index contributed by atoms with van der Waals surface area (Å²) < 4.78 is 17.7. The van der Waals surface area contributed by atoms with Crippen molar-refractivity contribution < 1.29 is 13.9 Å². The van der Waals surface area contributed by atoms with Gasteiger partial charge >= 0.3 is 0 Å². The predicted octanol–water partition coefficient (Wildman–Crippen LogP) is 5.03. The highest BCUT2D eigenvalue weighted by atomic mass is 35.5. The third-order valence-corrected chi connectivity index (χ3v) is 9.72. The third-order valence-electron chi connectivity index (χ3n) is 4.92. The van der Waals surface area contributed by atoms with Crippen molar-refractivity contribution in [2.45, 2.75) is 64.3 Å². The van der Waals surface area contributed by atoms with E-state index in [9.17, 15) is 0 Å². The van der Waals surface area contributed by atoms with Gasteiger partial charge in [-0.3, -0.25) is 0 Å². The van der Waals surface area contributed by atoms with Crippen molar-refractivity contribution in [1.82, 2.24) is 4.98 Å². The van der Waals surface area contributed by atoms with Crippen molar-refractivity contribution in [1.29, 1.82) is 0 Å². The van der Waals surface area contributed by atoms with Gasteiger partial charge in [-0.05, 0) is 31.5 Å². The molecule has 2 rings (SSSR count). The Balaban J connectivity index is 1.96. The summed E-state index contributed by atoms with van der Waals surface area (Å²) in [5.41, 5.74) is 0.952. The fourth-order valence-electron chi connectivity index (χ4n) is 2.48. The van der Waals surface area contributed by atoms with Crippen LogP contribution in [0.25, 0.3) is 0 Å². The normalized spacial score (nSPS) is 20.2. The van der Waals surface area contributed by atoms with E-state index < -0.39 is 8.32 Å². The zero-order chi connectivity index (χ0) is 18.0. The number of pyridine rings is 1. The van der Waals surface area contributed by atoms with Gasteiger partial charge in [0.05, 0.1) is 18.4 Å². The molecular formula is C18H30ClNO3Si. The zero-order valence-electron chi connectivity index (χ0n) is 15.7. The summed E-state index contributed by atoms with van der Waals surface area (Å²) in [6.07, 6.45) is 1.02. The summed E-state index contributed by atoms with van der Waals surface area (Å²) in [7, 11) is -1.78. The Kier molecular flexibility index (Phi) is 6.34. The van der Waals surface area contributed by atoms with Crippen LogP contribution in [0.15, 0.2) is 12.1 Å². The van der Waals surface area contributed by atoms with E-state index in [1.165, 1.54) is 0 Å². The first-order valence-corrected chi connectivity index (χ1v) is 11.9. The summed E-state index contributed by atoms with van der Waals surface area (Å²) in [5.74, 6) is 1.06. The lowest BCUT2D eigenvalue weighted by Gasteiger charge is -2.38. The monoisotopic (exact) mass is 371 g/mol. The second kappa shape index (κ2) is 7.73. The molecule has 0 bridgehead atoms. The first-order valence-electron chi connectivity index (χ1n) is 8.64. The highest BCUT2D eigenvalue weighted by Crippen LogP contribution is 2.37. The molecule has 0 aliphatic carbocycles. The second-order valence-corrected chi connectivity index (χ2v) is 13.3. The maximum absolute atomic E-state index is 6.33. The molecule has 1 aliphatic rings. The van der Waals surface area contributed by atoms with Gasteiger partial charge in [-0.15, -0.1) is 0 Å². The molecule has 136 valence electrons. The molecule has 1 fully saturated rings. The fraction of sp³-hybridized carbons (Fsp3) is 0.722. The van der Waals surface area contributed by atoms with E-state index in [0.717, 1.165) is 24.5 Å². The molecule has 6 heteroatoms. The van der Waals surface area contributed by atoms with Gasteiger partial charge < -0.3 is 13.9 Å². The summed E-state index contributed by atoms with van der Waals surface area (Å²) in [6, 6.07) is 3.74. The second-order valence-electron chi connectivity index (χ2n) is 8.11. The Labute approximate surface area is 152 Å². The molecule has 2 atom stereocenters. The molecule has 1 aromatic rings. The standard InChI is InChI=1S/C18H30ClNO3Si/c1-13(23-24(5,6)18(2,3)4)11-22-15-9-16(20-17(19)10-15)14-7-8-21-12-14/h9-10,13-14H,7-8,11-12H2,1-6H3. The highest BCUT2D eigenvalue weighted by molar-refractivity contribution is 6.74. The van der Waals surface area contributed by atoms with Crippen LogP contribution in [-0.2, 0) is 9.16 Å². The molecule has 0 N–H and O–H groups in total. The minimum Gasteiger partial charge on any atom is -0.491 e. The summed E-state index contributed by atoms with van der Waals surface area (Å²) >= 11 is 6.15. The Morgan fingerprint density at radius 3 is 2.67 bits per heavy atom. The number of rotatable bonds is 6. The number of ether oxygens (including phenoxy) is 2. The Bertz CT molecular complexity index is 554. The predicted molar refractivity (Wildman–Crippen MR) is 101 cm³/mol. The van der Waals surface area contributed by atoms with Crippen LogP contribution in [0.2, 0.25) is 23.3 Å². The van der Waals surface area contributed by atoms with Gasteiger partial charge in [0.1, 0.15) is 17.5 Å². The van der Waals surface area contributed by atoms with Crippen LogP contribution < -0.4 is 4.74 Å². The Hall–Kier alpha value is -0.623. The minimum atomic E-state index is -1.78. The van der Waals surface area contributed by atoms with Crippen LogP contribution >= 0.6 is 11.6 Å². The van der Waals surface area contributed by atoms with Crippen molar-refractivity contribution in [2.75, 3.05) is 19.8 Å². The average molecular weight is 372 g/mol. The number of halogens is 1. The fourth-order valence-corrected chi connectivity index (χ4v) is 4.11. The van der Waals surface area contributed by atoms with Crippen LogP contribution in [-0.4, -0.2) is 39.2 Å². The molecule has 1 aliphatic heterocycles. The van der Waals surface area contributed by atoms with E-state index in [1.807, 2.05) is 6.07 Å². The molecule has 24 heavy (non-hydrogen) atoms. The molecule has 4 nitrogen and oxygen atoms in total. The molecule has 0 radical (unpaired) electrons. The summed E-state index contributed by atoms with van der Waals surface area (Å²) in [4.78, 5) is 4.42. The van der Waals surface area contributed by atoms with Gasteiger partial charge in [0.25, 0.3) is 0 Å². The van der Waals surface area contributed by atoms with Crippen LogP contribution in [0, 0.1) is 0 Å². The van der Waals surface area contributed by atoms with Crippen molar-refractivity contribution in [2.24, 2.45) is 0 Å². The Morgan fingerprint density at radius 2 is 2.08 bits per heavy atom. The summed E-state index contributed by atoms with van der Waals surface area (Å²) in [5, 5.41) is 0.657. The lowest BCUT2D eigenvalue weighted by atomic mass is 10.0. The number of aromatic nitrogens is 1. The third kappa shape index (κ3) is 5.18. The maximum Gasteiger partial charge on any atom is 0.192 e. The van der Waals surface area contributed by atoms with Crippen LogP contribution in [0.1, 0.15) is 45.7 Å². The molecule has 0 aromatic carbocycles. The van der Waals surface area contributed by atoms with E-state index >= 15 is 0 Å². The topological polar surface area (TPSA) is 40.6 Å². The molecule has 2 unspecified atom stereocenters. The van der Waals surface area contributed by atoms with Crippen molar-refractivity contribution in [3.8, 4) is 5.75 Å². The highest BCUT2D eigenvalue weighted by Gasteiger charge is 2.38. The number of nitrogens with zero attached hydrogens (tertiary/aromatic N) is 1. The van der Waals surface area contributed by atoms with Crippen molar-refractivity contribution in [3.63, 3.8) is 0 Å². The van der Waals surface area contributed by atoms with Crippen LogP contribution in [0.4, 0.5) is 0 Å². The molecule has 0 amide bonds. The van der Waals surface area contributed by atoms with Gasteiger partial charge in [-0.25, -0.2) is 4.98 Å². The molecule has 1 aromatic heterocycles. The number of hydrogen-bond donors (Lipinski definition) is 0. The lowest BCUT2D eigenvalue weighted by molar-refractivity contribution is 0.129. The molecular weight excluding hydrogens is 342 g/mol. The zero-order valence-corrected chi connectivity index (χ0v) is 17.4. The van der Waals surface area contributed by atoms with Gasteiger partial charge in [-0.2, -0.15) is 0 Å². The van der Waals surface area contributed by atoms with E-state index in [1.54, 1.807) is 6.07 Å². The first-order chi connectivity index (χ1) is 11.1. The van der Waals surface area contributed by atoms with E-state index in [2.05, 4.69) is 45.8 Å². The molecule has 0 saturated carbocycles. The number of hydrogen-bond acceptors (Lipinski definition) is 4. The first kappa shape index (κ1) is 19.7. The van der Waals surface area contributed by atoms with Gasteiger partial charge in [0, 0.05) is 24.7 Å². The van der Waals surface area contributed by atoms with Gasteiger partial charge in [0.2, 0.25) is 0 Å². The minimum absolute atomic E-state index is 0.0381. The summed E-state index contributed by atoms with van der Waals surface area (Å²) in [6.45, 7) is 15.3. The van der Waals surface area contributed by atoms with E-state index in [-0.39, 0.29) is 11.1 Å². The van der Waals surface area contributed by atoms with Crippen molar-refractivity contribution >= 4 is 19.9 Å². The largest absolute Gasteiger partial charge is 0.491 e. The molecule has 2 heterocycles. The smallest absolute Gasteiger partial charge is 0.192 e. The maximum atomic E-state index is 6.33. The van der Waals surface area contributed by atoms with Gasteiger partial charge in [-0.1, -0.05) is 32.4 Å². The lowest BCUT2D eigenvalue weighted by Crippen LogP contribution is -2.44. The average Bonchev–Trinajstić information content (AvgIpc) is 2.97. The van der Waals surface area contributed by atoms with E-state index in [4.69, 9.17) is 25.5 Å². The van der Waals surface area contributed by atoms with Crippen LogP contribution in [0.5, 0.6) is 5.75 Å². The molecule has 0 spiro atoms. The van der Waals surface area contributed by atoms with Crippen molar-refractivity contribution in [3.05, 3.63) is 23.0 Å². The Morgan fingerprint density at radius 1 is 1.38 bits per heavy atom.